The predicted octanol–water partition coefficient (Wildman–Crippen LogP) is -0.436. The first kappa shape index (κ1) is 9.46. The molecule has 0 saturated carbocycles. The monoisotopic (exact) mass is 185 g/mol. The van der Waals surface area contributed by atoms with Crippen LogP contribution < -0.4 is 20.7 Å². The van der Waals surface area contributed by atoms with Crippen LogP contribution in [0.2, 0.25) is 0 Å². The van der Waals surface area contributed by atoms with Gasteiger partial charge in [0.1, 0.15) is 0 Å². The van der Waals surface area contributed by atoms with Crippen LogP contribution in [0, 0.1) is 0 Å². The van der Waals surface area contributed by atoms with Crippen molar-refractivity contribution >= 4 is 5.95 Å². The number of nitrogens with zero attached hydrogens (tertiary/aromatic N) is 3. The number of nitrogen functional groups attached to an aromatic ring is 1. The molecule has 0 aliphatic heterocycles. The highest BCUT2D eigenvalue weighted by Crippen LogP contribution is 2.10. The Morgan fingerprint density at radius 3 is 2.54 bits per heavy atom. The number of methoxy groups -OCH3 is 1. The number of ether oxygens (including phenoxy) is 2. The van der Waals surface area contributed by atoms with E-state index in [0.717, 1.165) is 0 Å². The van der Waals surface area contributed by atoms with Crippen molar-refractivity contribution in [1.82, 2.24) is 15.0 Å². The Kier molecular flexibility index (Phi) is 3.21. The van der Waals surface area contributed by atoms with Crippen LogP contribution in [0.25, 0.3) is 0 Å². The van der Waals surface area contributed by atoms with Gasteiger partial charge in [-0.1, -0.05) is 0 Å². The maximum absolute atomic E-state index is 5.12. The first-order chi connectivity index (χ1) is 6.30. The molecule has 7 nitrogen and oxygen atoms in total. The number of anilines is 1. The summed E-state index contributed by atoms with van der Waals surface area (Å²) in [6.07, 6.45) is 0. The Morgan fingerprint density at radius 2 is 2.00 bits per heavy atom. The third kappa shape index (κ3) is 2.41. The maximum Gasteiger partial charge on any atom is 0.324 e. The Hall–Kier alpha value is -1.63. The van der Waals surface area contributed by atoms with Crippen LogP contribution >= 0.6 is 0 Å². The zero-order valence-electron chi connectivity index (χ0n) is 7.44. The topological polar surface area (TPSA) is 95.2 Å². The average molecular weight is 185 g/mol. The van der Waals surface area contributed by atoms with Crippen molar-refractivity contribution in [2.24, 2.45) is 5.84 Å². The second-order valence-corrected chi connectivity index (χ2v) is 2.01. The fourth-order valence-electron chi connectivity index (χ4n) is 0.687. The zero-order chi connectivity index (χ0) is 9.68. The number of aromatic nitrogens is 3. The Bertz CT molecular complexity index is 257. The Balaban J connectivity index is 2.93. The molecule has 0 aliphatic carbocycles. The van der Waals surface area contributed by atoms with E-state index in [-0.39, 0.29) is 18.0 Å². The van der Waals surface area contributed by atoms with E-state index in [2.05, 4.69) is 20.4 Å². The van der Waals surface area contributed by atoms with Gasteiger partial charge in [0.15, 0.2) is 0 Å². The van der Waals surface area contributed by atoms with Crippen LogP contribution in [0.3, 0.4) is 0 Å². The molecule has 0 aromatic carbocycles. The van der Waals surface area contributed by atoms with E-state index in [0.29, 0.717) is 6.61 Å². The molecule has 3 N–H and O–H groups in total. The first-order valence-electron chi connectivity index (χ1n) is 3.69. The van der Waals surface area contributed by atoms with Gasteiger partial charge in [0, 0.05) is 0 Å². The van der Waals surface area contributed by atoms with E-state index in [9.17, 15) is 0 Å². The van der Waals surface area contributed by atoms with Gasteiger partial charge in [-0.25, -0.2) is 5.84 Å². The summed E-state index contributed by atoms with van der Waals surface area (Å²) in [6.45, 7) is 2.29. The van der Waals surface area contributed by atoms with E-state index in [1.807, 2.05) is 6.92 Å². The van der Waals surface area contributed by atoms with Crippen LogP contribution in [0.4, 0.5) is 5.95 Å². The molecule has 7 heteroatoms. The number of rotatable bonds is 4. The van der Waals surface area contributed by atoms with Crippen molar-refractivity contribution < 1.29 is 9.47 Å². The van der Waals surface area contributed by atoms with Crippen molar-refractivity contribution in [2.45, 2.75) is 6.92 Å². The summed E-state index contributed by atoms with van der Waals surface area (Å²) in [5.41, 5.74) is 2.28. The lowest BCUT2D eigenvalue weighted by molar-refractivity contribution is 0.298. The minimum Gasteiger partial charge on any atom is -0.467 e. The molecule has 72 valence electrons. The molecule has 0 fully saturated rings. The van der Waals surface area contributed by atoms with E-state index in [1.165, 1.54) is 7.11 Å². The normalized spacial score (nSPS) is 9.46. The number of nitrogens with one attached hydrogen (secondary N) is 1. The van der Waals surface area contributed by atoms with E-state index >= 15 is 0 Å². The molecule has 1 heterocycles. The molecule has 1 aromatic heterocycles. The highest BCUT2D eigenvalue weighted by Gasteiger charge is 2.05. The van der Waals surface area contributed by atoms with Gasteiger partial charge in [0.25, 0.3) is 0 Å². The molecule has 0 spiro atoms. The summed E-state index contributed by atoms with van der Waals surface area (Å²) in [7, 11) is 1.45. The second kappa shape index (κ2) is 4.41. The zero-order valence-corrected chi connectivity index (χ0v) is 7.44. The SMILES string of the molecule is CCOc1nc(NN)nc(OC)n1. The van der Waals surface area contributed by atoms with Gasteiger partial charge in [-0.3, -0.25) is 5.43 Å². The standard InChI is InChI=1S/C6H11N5O2/c1-3-13-6-9-4(11-7)8-5(10-6)12-2/h3,7H2,1-2H3,(H,8,9,10,11). The van der Waals surface area contributed by atoms with Crippen molar-refractivity contribution in [3.8, 4) is 12.0 Å². The van der Waals surface area contributed by atoms with Crippen LogP contribution in [0.15, 0.2) is 0 Å². The lowest BCUT2D eigenvalue weighted by atomic mass is 10.8. The van der Waals surface area contributed by atoms with Gasteiger partial charge in [-0.05, 0) is 6.92 Å². The highest BCUT2D eigenvalue weighted by atomic mass is 16.5. The average Bonchev–Trinajstić information content (AvgIpc) is 2.17. The molecule has 0 unspecified atom stereocenters. The van der Waals surface area contributed by atoms with Gasteiger partial charge in [-0.2, -0.15) is 9.97 Å². The predicted molar refractivity (Wildman–Crippen MR) is 45.4 cm³/mol. The van der Waals surface area contributed by atoms with Crippen LogP contribution in [0.5, 0.6) is 12.0 Å². The molecular formula is C6H11N5O2. The fourth-order valence-corrected chi connectivity index (χ4v) is 0.687. The van der Waals surface area contributed by atoms with Crippen molar-refractivity contribution in [3.63, 3.8) is 0 Å². The first-order valence-corrected chi connectivity index (χ1v) is 3.69. The molecule has 0 aliphatic rings. The van der Waals surface area contributed by atoms with E-state index < -0.39 is 0 Å². The molecular weight excluding hydrogens is 174 g/mol. The molecule has 0 atom stereocenters. The molecule has 0 saturated heterocycles. The van der Waals surface area contributed by atoms with Crippen LogP contribution in [0.1, 0.15) is 6.92 Å². The minimum atomic E-state index is 0.159. The quantitative estimate of drug-likeness (QED) is 0.485. The molecule has 0 bridgehead atoms. The Labute approximate surface area is 75.3 Å². The minimum absolute atomic E-state index is 0.159. The molecule has 0 amide bonds. The molecule has 13 heavy (non-hydrogen) atoms. The number of hydrazine groups is 1. The summed E-state index contributed by atoms with van der Waals surface area (Å²) in [5, 5.41) is 0. The van der Waals surface area contributed by atoms with Crippen molar-refractivity contribution in [1.29, 1.82) is 0 Å². The highest BCUT2D eigenvalue weighted by molar-refractivity contribution is 5.25. The number of nitrogens with two attached hydrogens (primary N) is 1. The van der Waals surface area contributed by atoms with Crippen molar-refractivity contribution in [3.05, 3.63) is 0 Å². The summed E-state index contributed by atoms with van der Waals surface area (Å²) in [4.78, 5) is 11.4. The molecule has 0 radical (unpaired) electrons. The van der Waals surface area contributed by atoms with Gasteiger partial charge < -0.3 is 9.47 Å². The van der Waals surface area contributed by atoms with Gasteiger partial charge in [-0.15, -0.1) is 4.98 Å². The van der Waals surface area contributed by atoms with Gasteiger partial charge in [0.05, 0.1) is 13.7 Å². The van der Waals surface area contributed by atoms with Crippen LogP contribution in [-0.4, -0.2) is 28.7 Å². The molecule has 1 aromatic rings. The lowest BCUT2D eigenvalue weighted by Crippen LogP contribution is -2.12. The van der Waals surface area contributed by atoms with Crippen LogP contribution in [-0.2, 0) is 0 Å². The summed E-state index contributed by atoms with van der Waals surface area (Å²) >= 11 is 0. The number of hydrogen-bond acceptors (Lipinski definition) is 7. The fraction of sp³-hybridized carbons (Fsp3) is 0.500. The smallest absolute Gasteiger partial charge is 0.324 e. The van der Waals surface area contributed by atoms with E-state index in [4.69, 9.17) is 15.3 Å². The number of hydrogen-bond donors (Lipinski definition) is 2. The van der Waals surface area contributed by atoms with Gasteiger partial charge >= 0.3 is 12.0 Å². The second-order valence-electron chi connectivity index (χ2n) is 2.01. The molecule has 1 rings (SSSR count). The Morgan fingerprint density at radius 1 is 1.31 bits per heavy atom. The third-order valence-electron chi connectivity index (χ3n) is 1.18. The summed E-state index contributed by atoms with van der Waals surface area (Å²) in [5.74, 6) is 5.33. The summed E-state index contributed by atoms with van der Waals surface area (Å²) < 4.78 is 9.86. The largest absolute Gasteiger partial charge is 0.467 e. The lowest BCUT2D eigenvalue weighted by Gasteiger charge is -2.04. The summed E-state index contributed by atoms with van der Waals surface area (Å²) in [6, 6.07) is 0.341. The third-order valence-corrected chi connectivity index (χ3v) is 1.18. The van der Waals surface area contributed by atoms with Gasteiger partial charge in [0.2, 0.25) is 5.95 Å². The van der Waals surface area contributed by atoms with Crippen molar-refractivity contribution in [2.75, 3.05) is 19.1 Å². The maximum atomic E-state index is 5.12. The van der Waals surface area contributed by atoms with E-state index in [1.54, 1.807) is 0 Å².